The highest BCUT2D eigenvalue weighted by molar-refractivity contribution is 5.86. The van der Waals surface area contributed by atoms with Crippen molar-refractivity contribution in [2.45, 2.75) is 12.5 Å². The summed E-state index contributed by atoms with van der Waals surface area (Å²) in [5.41, 5.74) is 11.8. The summed E-state index contributed by atoms with van der Waals surface area (Å²) in [4.78, 5) is 2.40. The maximum atomic E-state index is 5.68. The third kappa shape index (κ3) is 2.92. The molecule has 0 saturated carbocycles. The van der Waals surface area contributed by atoms with Gasteiger partial charge in [0.2, 0.25) is 0 Å². The summed E-state index contributed by atoms with van der Waals surface area (Å²) in [5.74, 6) is 0.795. The minimum absolute atomic E-state index is 0.353. The van der Waals surface area contributed by atoms with E-state index < -0.39 is 0 Å². The quantitative estimate of drug-likeness (QED) is 0.569. The molecule has 0 saturated heterocycles. The zero-order valence-corrected chi connectivity index (χ0v) is 15.8. The molecule has 1 aromatic heterocycles. The second-order valence-electron chi connectivity index (χ2n) is 7.57. The first-order chi connectivity index (χ1) is 13.7. The molecule has 5 rings (SSSR count). The standard InChI is InChI=1S/C24H22N4/c1-28-14-18-13-17(23-11-12-24(25)27-26-23)9-10-20(18)22(15-28)21-8-4-6-16-5-2-3-7-19(16)21/h2-13,22H,14-15H2,1H3,(H2,25,27)/t22-/m1/s1. The molecular weight excluding hydrogens is 344 g/mol. The SMILES string of the molecule is CN1Cc2cc(-c3ccc(N)nn3)ccc2[C@H](c2cccc3ccccc23)C1. The molecule has 3 aromatic carbocycles. The fourth-order valence-corrected chi connectivity index (χ4v) is 4.32. The van der Waals surface area contributed by atoms with Gasteiger partial charge in [-0.05, 0) is 52.7 Å². The second kappa shape index (κ2) is 6.73. The van der Waals surface area contributed by atoms with Crippen molar-refractivity contribution in [2.24, 2.45) is 0 Å². The third-order valence-corrected chi connectivity index (χ3v) is 5.63. The average Bonchev–Trinajstić information content (AvgIpc) is 2.73. The molecule has 0 aliphatic carbocycles. The summed E-state index contributed by atoms with van der Waals surface area (Å²) in [7, 11) is 2.19. The fraction of sp³-hybridized carbons (Fsp3) is 0.167. The smallest absolute Gasteiger partial charge is 0.146 e. The Hall–Kier alpha value is -3.24. The van der Waals surface area contributed by atoms with Crippen LogP contribution in [0.4, 0.5) is 5.82 Å². The van der Waals surface area contributed by atoms with Crippen molar-refractivity contribution in [3.63, 3.8) is 0 Å². The maximum absolute atomic E-state index is 5.68. The number of benzene rings is 3. The highest BCUT2D eigenvalue weighted by Gasteiger charge is 2.26. The zero-order valence-electron chi connectivity index (χ0n) is 15.8. The number of nitrogens with zero attached hydrogens (tertiary/aromatic N) is 3. The monoisotopic (exact) mass is 366 g/mol. The summed E-state index contributed by atoms with van der Waals surface area (Å²) in [5, 5.41) is 10.9. The lowest BCUT2D eigenvalue weighted by molar-refractivity contribution is 0.296. The van der Waals surface area contributed by atoms with Crippen LogP contribution in [0.15, 0.2) is 72.8 Å². The van der Waals surface area contributed by atoms with Gasteiger partial charge in [-0.3, -0.25) is 0 Å². The Labute approximate surface area is 164 Å². The van der Waals surface area contributed by atoms with E-state index in [4.69, 9.17) is 5.73 Å². The first kappa shape index (κ1) is 16.9. The lowest BCUT2D eigenvalue weighted by Crippen LogP contribution is -2.31. The average molecular weight is 366 g/mol. The molecule has 2 N–H and O–H groups in total. The number of nitrogen functional groups attached to an aromatic ring is 1. The number of anilines is 1. The van der Waals surface area contributed by atoms with E-state index >= 15 is 0 Å². The Morgan fingerprint density at radius 1 is 0.893 bits per heavy atom. The Bertz CT molecular complexity index is 1150. The van der Waals surface area contributed by atoms with Gasteiger partial charge in [-0.2, -0.15) is 0 Å². The van der Waals surface area contributed by atoms with Crippen molar-refractivity contribution in [3.8, 4) is 11.3 Å². The molecule has 1 aliphatic rings. The van der Waals surface area contributed by atoms with Crippen molar-refractivity contribution >= 4 is 16.6 Å². The molecule has 0 spiro atoms. The predicted molar refractivity (Wildman–Crippen MR) is 114 cm³/mol. The largest absolute Gasteiger partial charge is 0.382 e. The molecule has 1 atom stereocenters. The van der Waals surface area contributed by atoms with E-state index in [1.165, 1.54) is 27.5 Å². The highest BCUT2D eigenvalue weighted by atomic mass is 15.1. The molecule has 138 valence electrons. The molecule has 4 nitrogen and oxygen atoms in total. The van der Waals surface area contributed by atoms with Crippen LogP contribution in [0.25, 0.3) is 22.0 Å². The molecule has 0 radical (unpaired) electrons. The summed E-state index contributed by atoms with van der Waals surface area (Å²) in [6.07, 6.45) is 0. The third-order valence-electron chi connectivity index (χ3n) is 5.63. The van der Waals surface area contributed by atoms with E-state index in [1.54, 1.807) is 6.07 Å². The van der Waals surface area contributed by atoms with Crippen LogP contribution in [0.5, 0.6) is 0 Å². The normalized spacial score (nSPS) is 16.8. The molecule has 2 heterocycles. The van der Waals surface area contributed by atoms with E-state index in [0.717, 1.165) is 24.3 Å². The minimum atomic E-state index is 0.353. The number of hydrogen-bond acceptors (Lipinski definition) is 4. The molecular formula is C24H22N4. The summed E-state index contributed by atoms with van der Waals surface area (Å²) < 4.78 is 0. The van der Waals surface area contributed by atoms with E-state index in [0.29, 0.717) is 11.7 Å². The molecule has 28 heavy (non-hydrogen) atoms. The number of aromatic nitrogens is 2. The molecule has 4 aromatic rings. The Morgan fingerprint density at radius 3 is 2.61 bits per heavy atom. The van der Waals surface area contributed by atoms with E-state index in [-0.39, 0.29) is 0 Å². The van der Waals surface area contributed by atoms with Gasteiger partial charge in [-0.15, -0.1) is 10.2 Å². The molecule has 4 heteroatoms. The van der Waals surface area contributed by atoms with Crippen molar-refractivity contribution in [3.05, 3.63) is 89.5 Å². The van der Waals surface area contributed by atoms with Gasteiger partial charge in [0.1, 0.15) is 5.82 Å². The molecule has 0 fully saturated rings. The van der Waals surface area contributed by atoms with Gasteiger partial charge in [0.25, 0.3) is 0 Å². The summed E-state index contributed by atoms with van der Waals surface area (Å²) in [6.45, 7) is 1.95. The van der Waals surface area contributed by atoms with Gasteiger partial charge in [0, 0.05) is 24.6 Å². The number of nitrogens with two attached hydrogens (primary N) is 1. The highest BCUT2D eigenvalue weighted by Crippen LogP contribution is 2.37. The van der Waals surface area contributed by atoms with Crippen molar-refractivity contribution in [1.29, 1.82) is 0 Å². The number of rotatable bonds is 2. The molecule has 0 amide bonds. The minimum Gasteiger partial charge on any atom is -0.382 e. The summed E-state index contributed by atoms with van der Waals surface area (Å²) >= 11 is 0. The van der Waals surface area contributed by atoms with Crippen LogP contribution >= 0.6 is 0 Å². The van der Waals surface area contributed by atoms with Crippen molar-refractivity contribution in [2.75, 3.05) is 19.3 Å². The van der Waals surface area contributed by atoms with Gasteiger partial charge in [0.05, 0.1) is 5.69 Å². The fourth-order valence-electron chi connectivity index (χ4n) is 4.32. The zero-order chi connectivity index (χ0) is 19.1. The van der Waals surface area contributed by atoms with Crippen LogP contribution in [-0.2, 0) is 6.54 Å². The van der Waals surface area contributed by atoms with Gasteiger partial charge in [-0.25, -0.2) is 0 Å². The topological polar surface area (TPSA) is 55.0 Å². The Kier molecular flexibility index (Phi) is 4.06. The van der Waals surface area contributed by atoms with Crippen LogP contribution in [-0.4, -0.2) is 28.7 Å². The first-order valence-electron chi connectivity index (χ1n) is 9.57. The van der Waals surface area contributed by atoms with Crippen molar-refractivity contribution in [1.82, 2.24) is 15.1 Å². The molecule has 0 bridgehead atoms. The van der Waals surface area contributed by atoms with E-state index in [2.05, 4.69) is 82.8 Å². The molecule has 0 unspecified atom stereocenters. The van der Waals surface area contributed by atoms with Crippen LogP contribution < -0.4 is 5.73 Å². The van der Waals surface area contributed by atoms with Gasteiger partial charge >= 0.3 is 0 Å². The lowest BCUT2D eigenvalue weighted by Gasteiger charge is -2.33. The van der Waals surface area contributed by atoms with E-state index in [9.17, 15) is 0 Å². The van der Waals surface area contributed by atoms with Gasteiger partial charge < -0.3 is 10.6 Å². The van der Waals surface area contributed by atoms with Crippen molar-refractivity contribution < 1.29 is 0 Å². The number of likely N-dealkylation sites (N-methyl/N-ethyl adjacent to an activating group) is 1. The Balaban J connectivity index is 1.62. The summed E-state index contributed by atoms with van der Waals surface area (Å²) in [6, 6.07) is 25.7. The van der Waals surface area contributed by atoms with Crippen LogP contribution in [0.1, 0.15) is 22.6 Å². The first-order valence-corrected chi connectivity index (χ1v) is 9.57. The Morgan fingerprint density at radius 2 is 1.75 bits per heavy atom. The van der Waals surface area contributed by atoms with Crippen LogP contribution in [0, 0.1) is 0 Å². The van der Waals surface area contributed by atoms with Crippen LogP contribution in [0.3, 0.4) is 0 Å². The predicted octanol–water partition coefficient (Wildman–Crippen LogP) is 4.46. The number of hydrogen-bond donors (Lipinski definition) is 1. The number of fused-ring (bicyclic) bond motifs is 2. The second-order valence-corrected chi connectivity index (χ2v) is 7.57. The molecule has 1 aliphatic heterocycles. The van der Waals surface area contributed by atoms with E-state index in [1.807, 2.05) is 6.07 Å². The van der Waals surface area contributed by atoms with Gasteiger partial charge in [0.15, 0.2) is 0 Å². The maximum Gasteiger partial charge on any atom is 0.146 e. The lowest BCUT2D eigenvalue weighted by atomic mass is 9.82. The van der Waals surface area contributed by atoms with Crippen LogP contribution in [0.2, 0.25) is 0 Å². The van der Waals surface area contributed by atoms with Gasteiger partial charge in [-0.1, -0.05) is 54.6 Å².